The van der Waals surface area contributed by atoms with Gasteiger partial charge < -0.3 is 4.90 Å². The van der Waals surface area contributed by atoms with E-state index in [0.717, 1.165) is 30.2 Å². The number of benzene rings is 1. The van der Waals surface area contributed by atoms with Gasteiger partial charge >= 0.3 is 0 Å². The Kier molecular flexibility index (Phi) is 3.32. The number of hydrogen-bond donors (Lipinski definition) is 0. The molecule has 19 heavy (non-hydrogen) atoms. The molecule has 1 aliphatic rings. The van der Waals surface area contributed by atoms with Crippen molar-refractivity contribution in [2.24, 2.45) is 5.92 Å². The van der Waals surface area contributed by atoms with Crippen molar-refractivity contribution in [3.63, 3.8) is 0 Å². The second-order valence-electron chi connectivity index (χ2n) is 5.17. The zero-order valence-corrected chi connectivity index (χ0v) is 11.1. The lowest BCUT2D eigenvalue weighted by atomic mass is 9.94. The van der Waals surface area contributed by atoms with Gasteiger partial charge in [0, 0.05) is 18.5 Å². The molecule has 0 atom stereocenters. The van der Waals surface area contributed by atoms with Gasteiger partial charge in [0.05, 0.1) is 0 Å². The minimum Gasteiger partial charge on any atom is -0.356 e. The van der Waals surface area contributed by atoms with Gasteiger partial charge in [-0.1, -0.05) is 19.4 Å². The topological polar surface area (TPSA) is 29.0 Å². The molecular weight excluding hydrogens is 241 g/mol. The minimum atomic E-state index is -0.274. The molecule has 0 aliphatic carbocycles. The maximum Gasteiger partial charge on any atom is 0.149 e. The van der Waals surface area contributed by atoms with Crippen LogP contribution < -0.4 is 4.90 Å². The van der Waals surface area contributed by atoms with E-state index in [9.17, 15) is 4.39 Å². The highest BCUT2D eigenvalue weighted by Crippen LogP contribution is 2.29. The number of nitrogens with zero attached hydrogens (tertiary/aromatic N) is 3. The SMILES string of the molecule is CCC1CCN(c2ncnc3c(F)cccc23)CC1. The summed E-state index contributed by atoms with van der Waals surface area (Å²) >= 11 is 0. The highest BCUT2D eigenvalue weighted by atomic mass is 19.1. The highest BCUT2D eigenvalue weighted by molar-refractivity contribution is 5.89. The molecule has 3 rings (SSSR count). The van der Waals surface area contributed by atoms with E-state index in [1.54, 1.807) is 6.07 Å². The summed E-state index contributed by atoms with van der Waals surface area (Å²) in [6.07, 6.45) is 5.09. The van der Waals surface area contributed by atoms with Gasteiger partial charge in [0.2, 0.25) is 0 Å². The molecule has 0 bridgehead atoms. The summed E-state index contributed by atoms with van der Waals surface area (Å²) < 4.78 is 13.7. The first-order valence-corrected chi connectivity index (χ1v) is 6.93. The fourth-order valence-corrected chi connectivity index (χ4v) is 2.84. The number of anilines is 1. The average Bonchev–Trinajstić information content (AvgIpc) is 2.47. The number of halogens is 1. The molecule has 3 nitrogen and oxygen atoms in total. The van der Waals surface area contributed by atoms with Crippen LogP contribution in [0.3, 0.4) is 0 Å². The van der Waals surface area contributed by atoms with E-state index in [2.05, 4.69) is 21.8 Å². The Morgan fingerprint density at radius 3 is 2.79 bits per heavy atom. The van der Waals surface area contributed by atoms with Crippen molar-refractivity contribution >= 4 is 16.7 Å². The van der Waals surface area contributed by atoms with Gasteiger partial charge in [0.15, 0.2) is 0 Å². The molecule has 1 saturated heterocycles. The van der Waals surface area contributed by atoms with Crippen molar-refractivity contribution < 1.29 is 4.39 Å². The van der Waals surface area contributed by atoms with Gasteiger partial charge in [0.1, 0.15) is 23.5 Å². The average molecular weight is 259 g/mol. The van der Waals surface area contributed by atoms with Crippen molar-refractivity contribution in [3.05, 3.63) is 30.3 Å². The molecule has 2 aromatic rings. The normalized spacial score (nSPS) is 17.1. The van der Waals surface area contributed by atoms with E-state index < -0.39 is 0 Å². The van der Waals surface area contributed by atoms with E-state index in [0.29, 0.717) is 5.52 Å². The Labute approximate surface area is 112 Å². The van der Waals surface area contributed by atoms with Crippen LogP contribution >= 0.6 is 0 Å². The third-order valence-corrected chi connectivity index (χ3v) is 4.09. The van der Waals surface area contributed by atoms with Crippen LogP contribution in [0.5, 0.6) is 0 Å². The van der Waals surface area contributed by atoms with Gasteiger partial charge in [-0.3, -0.25) is 0 Å². The monoisotopic (exact) mass is 259 g/mol. The smallest absolute Gasteiger partial charge is 0.149 e. The highest BCUT2D eigenvalue weighted by Gasteiger charge is 2.20. The molecule has 0 unspecified atom stereocenters. The van der Waals surface area contributed by atoms with Gasteiger partial charge in [0.25, 0.3) is 0 Å². The zero-order chi connectivity index (χ0) is 13.2. The van der Waals surface area contributed by atoms with E-state index in [4.69, 9.17) is 0 Å². The molecule has 0 N–H and O–H groups in total. The first-order valence-electron chi connectivity index (χ1n) is 6.93. The van der Waals surface area contributed by atoms with E-state index in [1.165, 1.54) is 31.7 Å². The third kappa shape index (κ3) is 2.27. The Balaban J connectivity index is 1.95. The molecular formula is C15H18FN3. The standard InChI is InChI=1S/C15H18FN3/c1-2-11-6-8-19(9-7-11)15-12-4-3-5-13(16)14(12)17-10-18-15/h3-5,10-11H,2,6-9H2,1H3. The molecule has 1 aromatic carbocycles. The van der Waals surface area contributed by atoms with E-state index >= 15 is 0 Å². The summed E-state index contributed by atoms with van der Waals surface area (Å²) in [6, 6.07) is 5.07. The molecule has 0 spiro atoms. The van der Waals surface area contributed by atoms with Crippen LogP contribution in [-0.4, -0.2) is 23.1 Å². The zero-order valence-electron chi connectivity index (χ0n) is 11.1. The fraction of sp³-hybridized carbons (Fsp3) is 0.467. The summed E-state index contributed by atoms with van der Waals surface area (Å²) in [4.78, 5) is 10.7. The lowest BCUT2D eigenvalue weighted by Gasteiger charge is -2.32. The second kappa shape index (κ2) is 5.11. The Morgan fingerprint density at radius 2 is 2.05 bits per heavy atom. The Hall–Kier alpha value is -1.71. The number of piperidine rings is 1. The third-order valence-electron chi connectivity index (χ3n) is 4.09. The van der Waals surface area contributed by atoms with Crippen molar-refractivity contribution in [3.8, 4) is 0 Å². The summed E-state index contributed by atoms with van der Waals surface area (Å²) in [5.41, 5.74) is 0.421. The molecule has 0 amide bonds. The second-order valence-corrected chi connectivity index (χ2v) is 5.17. The fourth-order valence-electron chi connectivity index (χ4n) is 2.84. The van der Waals surface area contributed by atoms with E-state index in [1.807, 2.05) is 6.07 Å². The maximum atomic E-state index is 13.7. The van der Waals surface area contributed by atoms with Crippen LogP contribution in [0.15, 0.2) is 24.5 Å². The number of hydrogen-bond acceptors (Lipinski definition) is 3. The van der Waals surface area contributed by atoms with Gasteiger partial charge in [-0.25, -0.2) is 14.4 Å². The molecule has 1 aliphatic heterocycles. The van der Waals surface area contributed by atoms with E-state index in [-0.39, 0.29) is 5.82 Å². The van der Waals surface area contributed by atoms with Crippen molar-refractivity contribution in [1.82, 2.24) is 9.97 Å². The molecule has 4 heteroatoms. The summed E-state index contributed by atoms with van der Waals surface area (Å²) in [7, 11) is 0. The Bertz CT molecular complexity index is 577. The number of aromatic nitrogens is 2. The summed E-state index contributed by atoms with van der Waals surface area (Å²) in [5.74, 6) is 1.42. The number of fused-ring (bicyclic) bond motifs is 1. The van der Waals surface area contributed by atoms with Crippen molar-refractivity contribution in [1.29, 1.82) is 0 Å². The lowest BCUT2D eigenvalue weighted by molar-refractivity contribution is 0.394. The van der Waals surface area contributed by atoms with Crippen molar-refractivity contribution in [2.75, 3.05) is 18.0 Å². The van der Waals surface area contributed by atoms with Crippen LogP contribution in [0, 0.1) is 11.7 Å². The quantitative estimate of drug-likeness (QED) is 0.827. The molecule has 0 radical (unpaired) electrons. The van der Waals surface area contributed by atoms with Crippen LogP contribution in [0.2, 0.25) is 0 Å². The minimum absolute atomic E-state index is 0.274. The van der Waals surface area contributed by atoms with Gasteiger partial charge in [-0.05, 0) is 30.9 Å². The molecule has 1 aromatic heterocycles. The Morgan fingerprint density at radius 1 is 1.26 bits per heavy atom. The summed E-state index contributed by atoms with van der Waals surface area (Å²) in [6.45, 7) is 4.25. The maximum absolute atomic E-state index is 13.7. The van der Waals surface area contributed by atoms with Gasteiger partial charge in [-0.2, -0.15) is 0 Å². The van der Waals surface area contributed by atoms with Crippen LogP contribution in [0.1, 0.15) is 26.2 Å². The van der Waals surface area contributed by atoms with Crippen LogP contribution in [0.4, 0.5) is 10.2 Å². The predicted molar refractivity (Wildman–Crippen MR) is 74.7 cm³/mol. The molecule has 0 saturated carbocycles. The molecule has 1 fully saturated rings. The molecule has 2 heterocycles. The largest absolute Gasteiger partial charge is 0.356 e. The lowest BCUT2D eigenvalue weighted by Crippen LogP contribution is -2.34. The van der Waals surface area contributed by atoms with Crippen LogP contribution in [-0.2, 0) is 0 Å². The number of para-hydroxylation sites is 1. The summed E-state index contributed by atoms with van der Waals surface area (Å²) in [5, 5.41) is 0.817. The predicted octanol–water partition coefficient (Wildman–Crippen LogP) is 3.40. The van der Waals surface area contributed by atoms with Crippen molar-refractivity contribution in [2.45, 2.75) is 26.2 Å². The first-order chi connectivity index (χ1) is 9.29. The van der Waals surface area contributed by atoms with Crippen LogP contribution in [0.25, 0.3) is 10.9 Å². The number of rotatable bonds is 2. The first kappa shape index (κ1) is 12.3. The molecule has 100 valence electrons. The van der Waals surface area contributed by atoms with Gasteiger partial charge in [-0.15, -0.1) is 0 Å².